The molecular formula is C7H10N2O2. The van der Waals surface area contributed by atoms with Gasteiger partial charge in [0.15, 0.2) is 5.71 Å². The minimum Gasteiger partial charge on any atom is -0.391 e. The third-order valence-electron chi connectivity index (χ3n) is 2.34. The van der Waals surface area contributed by atoms with Crippen LogP contribution in [-0.2, 0) is 9.63 Å². The van der Waals surface area contributed by atoms with Crippen LogP contribution in [-0.4, -0.2) is 17.7 Å². The van der Waals surface area contributed by atoms with Gasteiger partial charge < -0.3 is 10.6 Å². The molecule has 60 valence electrons. The normalized spacial score (nSPS) is 34.4. The van der Waals surface area contributed by atoms with Gasteiger partial charge in [-0.05, 0) is 19.3 Å². The molecule has 0 aromatic rings. The van der Waals surface area contributed by atoms with Gasteiger partial charge in [0.1, 0.15) is 6.10 Å². The van der Waals surface area contributed by atoms with E-state index in [9.17, 15) is 4.79 Å². The second-order valence-corrected chi connectivity index (χ2v) is 3.02. The summed E-state index contributed by atoms with van der Waals surface area (Å²) in [5, 5.41) is 3.66. The van der Waals surface area contributed by atoms with Crippen LogP contribution in [0.4, 0.5) is 0 Å². The summed E-state index contributed by atoms with van der Waals surface area (Å²) in [6.45, 7) is 0. The van der Waals surface area contributed by atoms with Gasteiger partial charge in [-0.2, -0.15) is 0 Å². The maximum absolute atomic E-state index is 10.8. The summed E-state index contributed by atoms with van der Waals surface area (Å²) in [6, 6.07) is 0. The average molecular weight is 154 g/mol. The molecule has 11 heavy (non-hydrogen) atoms. The Balaban J connectivity index is 2.18. The Labute approximate surface area is 64.4 Å². The summed E-state index contributed by atoms with van der Waals surface area (Å²) in [5.74, 6) is -0.244. The molecule has 1 fully saturated rings. The van der Waals surface area contributed by atoms with E-state index in [1.165, 1.54) is 0 Å². The van der Waals surface area contributed by atoms with Crippen molar-refractivity contribution in [3.63, 3.8) is 0 Å². The minimum absolute atomic E-state index is 0.137. The van der Waals surface area contributed by atoms with Crippen LogP contribution in [0.2, 0.25) is 0 Å². The van der Waals surface area contributed by atoms with E-state index in [4.69, 9.17) is 10.6 Å². The van der Waals surface area contributed by atoms with Crippen molar-refractivity contribution in [1.82, 2.24) is 0 Å². The Bertz CT molecular complexity index is 224. The van der Waals surface area contributed by atoms with Gasteiger partial charge in [-0.15, -0.1) is 0 Å². The van der Waals surface area contributed by atoms with Crippen LogP contribution in [0.25, 0.3) is 0 Å². The van der Waals surface area contributed by atoms with Gasteiger partial charge in [0.2, 0.25) is 0 Å². The van der Waals surface area contributed by atoms with E-state index < -0.39 is 5.91 Å². The number of nitrogens with two attached hydrogens (primary N) is 1. The zero-order valence-corrected chi connectivity index (χ0v) is 6.12. The van der Waals surface area contributed by atoms with Crippen molar-refractivity contribution >= 4 is 11.6 Å². The number of rotatable bonds is 1. The van der Waals surface area contributed by atoms with Crippen LogP contribution >= 0.6 is 0 Å². The third-order valence-corrected chi connectivity index (χ3v) is 2.34. The smallest absolute Gasteiger partial charge is 0.266 e. The van der Waals surface area contributed by atoms with Crippen molar-refractivity contribution in [2.75, 3.05) is 0 Å². The molecule has 4 heteroatoms. The summed E-state index contributed by atoms with van der Waals surface area (Å²) < 4.78 is 0. The highest BCUT2D eigenvalue weighted by Gasteiger charge is 2.40. The Morgan fingerprint density at radius 2 is 2.45 bits per heavy atom. The number of oxime groups is 1. The molecule has 0 saturated heterocycles. The first-order chi connectivity index (χ1) is 5.29. The van der Waals surface area contributed by atoms with Crippen LogP contribution in [0.3, 0.4) is 0 Å². The summed E-state index contributed by atoms with van der Waals surface area (Å²) in [5.41, 5.74) is 5.54. The molecular weight excluding hydrogens is 144 g/mol. The van der Waals surface area contributed by atoms with Gasteiger partial charge in [-0.25, -0.2) is 0 Å². The van der Waals surface area contributed by atoms with E-state index in [1.807, 2.05) is 0 Å². The molecule has 0 aromatic carbocycles. The van der Waals surface area contributed by atoms with Gasteiger partial charge in [-0.1, -0.05) is 5.16 Å². The summed E-state index contributed by atoms with van der Waals surface area (Å²) in [7, 11) is 0. The van der Waals surface area contributed by atoms with E-state index in [0.717, 1.165) is 19.3 Å². The Hall–Kier alpha value is -1.06. The highest BCUT2D eigenvalue weighted by Crippen LogP contribution is 2.33. The Morgan fingerprint density at radius 3 is 3.18 bits per heavy atom. The number of carbonyl (C=O) groups excluding carboxylic acids is 1. The molecule has 1 saturated carbocycles. The van der Waals surface area contributed by atoms with Crippen LogP contribution in [0.1, 0.15) is 19.3 Å². The molecule has 2 atom stereocenters. The minimum atomic E-state index is -0.431. The molecule has 1 heterocycles. The highest BCUT2D eigenvalue weighted by molar-refractivity contribution is 6.39. The standard InChI is InChI=1S/C7H10N2O2/c8-7(10)6-4-2-1-3-5(4)11-9-6/h4-5H,1-3H2,(H2,8,10). The average Bonchev–Trinajstić information content (AvgIpc) is 2.41. The van der Waals surface area contributed by atoms with Gasteiger partial charge in [0.25, 0.3) is 5.91 Å². The van der Waals surface area contributed by atoms with Crippen LogP contribution in [0, 0.1) is 5.92 Å². The molecule has 0 spiro atoms. The molecule has 0 bridgehead atoms. The van der Waals surface area contributed by atoms with Crippen molar-refractivity contribution in [2.24, 2.45) is 16.8 Å². The van der Waals surface area contributed by atoms with Gasteiger partial charge in [0.05, 0.1) is 0 Å². The van der Waals surface area contributed by atoms with Crippen LogP contribution in [0.5, 0.6) is 0 Å². The molecule has 1 amide bonds. The fourth-order valence-corrected chi connectivity index (χ4v) is 1.78. The lowest BCUT2D eigenvalue weighted by atomic mass is 10.0. The molecule has 2 aliphatic rings. The van der Waals surface area contributed by atoms with Gasteiger partial charge in [0, 0.05) is 5.92 Å². The number of carbonyl (C=O) groups is 1. The second kappa shape index (κ2) is 2.22. The van der Waals surface area contributed by atoms with E-state index in [2.05, 4.69) is 5.16 Å². The quantitative estimate of drug-likeness (QED) is 0.579. The molecule has 4 nitrogen and oxygen atoms in total. The lowest BCUT2D eigenvalue weighted by Crippen LogP contribution is -2.29. The van der Waals surface area contributed by atoms with E-state index in [-0.39, 0.29) is 12.0 Å². The fraction of sp³-hybridized carbons (Fsp3) is 0.714. The van der Waals surface area contributed by atoms with Crippen molar-refractivity contribution < 1.29 is 9.63 Å². The lowest BCUT2D eigenvalue weighted by Gasteiger charge is -2.05. The van der Waals surface area contributed by atoms with E-state index in [0.29, 0.717) is 5.71 Å². The predicted octanol–water partition coefficient (Wildman–Crippen LogP) is 0.0266. The summed E-state index contributed by atoms with van der Waals surface area (Å²) >= 11 is 0. The predicted molar refractivity (Wildman–Crippen MR) is 38.8 cm³/mol. The second-order valence-electron chi connectivity index (χ2n) is 3.02. The highest BCUT2D eigenvalue weighted by atomic mass is 16.6. The van der Waals surface area contributed by atoms with E-state index >= 15 is 0 Å². The van der Waals surface area contributed by atoms with Gasteiger partial charge in [-0.3, -0.25) is 4.79 Å². The zero-order valence-electron chi connectivity index (χ0n) is 6.12. The molecule has 0 aromatic heterocycles. The number of primary amides is 1. The summed E-state index contributed by atoms with van der Waals surface area (Å²) in [6.07, 6.45) is 3.25. The van der Waals surface area contributed by atoms with Crippen molar-refractivity contribution in [1.29, 1.82) is 0 Å². The van der Waals surface area contributed by atoms with Gasteiger partial charge >= 0.3 is 0 Å². The fourth-order valence-electron chi connectivity index (χ4n) is 1.78. The van der Waals surface area contributed by atoms with Crippen molar-refractivity contribution in [3.8, 4) is 0 Å². The van der Waals surface area contributed by atoms with Crippen molar-refractivity contribution in [2.45, 2.75) is 25.4 Å². The molecule has 2 N–H and O–H groups in total. The number of nitrogens with zero attached hydrogens (tertiary/aromatic N) is 1. The topological polar surface area (TPSA) is 64.7 Å². The molecule has 1 aliphatic carbocycles. The number of fused-ring (bicyclic) bond motifs is 1. The van der Waals surface area contributed by atoms with Crippen molar-refractivity contribution in [3.05, 3.63) is 0 Å². The van der Waals surface area contributed by atoms with Crippen LogP contribution < -0.4 is 5.73 Å². The van der Waals surface area contributed by atoms with Crippen LogP contribution in [0.15, 0.2) is 5.16 Å². The third kappa shape index (κ3) is 0.895. The Morgan fingerprint density at radius 1 is 1.64 bits per heavy atom. The monoisotopic (exact) mass is 154 g/mol. The first-order valence-electron chi connectivity index (χ1n) is 3.82. The largest absolute Gasteiger partial charge is 0.391 e. The molecule has 0 radical (unpaired) electrons. The number of hydrogen-bond acceptors (Lipinski definition) is 3. The molecule has 1 aliphatic heterocycles. The number of amides is 1. The molecule has 2 rings (SSSR count). The first kappa shape index (κ1) is 6.64. The maximum atomic E-state index is 10.8. The first-order valence-corrected chi connectivity index (χ1v) is 3.82. The SMILES string of the molecule is NC(=O)C1=NOC2CCCC12. The van der Waals surface area contributed by atoms with E-state index in [1.54, 1.807) is 0 Å². The lowest BCUT2D eigenvalue weighted by molar-refractivity contribution is -0.112. The Kier molecular flexibility index (Phi) is 1.34. The zero-order chi connectivity index (χ0) is 7.84. The maximum Gasteiger partial charge on any atom is 0.266 e. The summed E-state index contributed by atoms with van der Waals surface area (Å²) in [4.78, 5) is 15.8. The number of hydrogen-bond donors (Lipinski definition) is 1. The molecule has 2 unspecified atom stereocenters.